The second-order valence-corrected chi connectivity index (χ2v) is 6.89. The van der Waals surface area contributed by atoms with Crippen molar-refractivity contribution in [3.63, 3.8) is 0 Å². The van der Waals surface area contributed by atoms with Crippen LogP contribution >= 0.6 is 0 Å². The minimum absolute atomic E-state index is 0.0368. The molecule has 1 aliphatic rings. The largest absolute Gasteiger partial charge is 0.508 e. The molecule has 0 spiro atoms. The highest BCUT2D eigenvalue weighted by molar-refractivity contribution is 5.86. The Hall–Kier alpha value is -2.53. The zero-order valence-electron chi connectivity index (χ0n) is 14.9. The highest BCUT2D eigenvalue weighted by atomic mass is 16.3. The average Bonchev–Trinajstić information content (AvgIpc) is 2.68. The second kappa shape index (κ2) is 7.38. The predicted octanol–water partition coefficient (Wildman–Crippen LogP) is 3.10. The van der Waals surface area contributed by atoms with Crippen LogP contribution in [-0.4, -0.2) is 39.2 Å². The summed E-state index contributed by atoms with van der Waals surface area (Å²) in [5, 5.41) is 30.5. The lowest BCUT2D eigenvalue weighted by molar-refractivity contribution is -0.154. The van der Waals surface area contributed by atoms with Gasteiger partial charge in [-0.15, -0.1) is 0 Å². The highest BCUT2D eigenvalue weighted by Crippen LogP contribution is 2.37. The molecule has 1 atom stereocenters. The van der Waals surface area contributed by atoms with Crippen LogP contribution in [0.4, 0.5) is 0 Å². The SMILES string of the molecule is CC[C@](O)(C(=O)N1CCC(c2ccc(O)cc2O)CC1)c1ccccc1. The van der Waals surface area contributed by atoms with Gasteiger partial charge in [0.05, 0.1) is 0 Å². The third kappa shape index (κ3) is 3.40. The lowest BCUT2D eigenvalue weighted by atomic mass is 9.86. The number of rotatable bonds is 4. The van der Waals surface area contributed by atoms with E-state index in [4.69, 9.17) is 0 Å². The third-order valence-electron chi connectivity index (χ3n) is 5.35. The van der Waals surface area contributed by atoms with Crippen molar-refractivity contribution in [3.8, 4) is 11.5 Å². The van der Waals surface area contributed by atoms with E-state index >= 15 is 0 Å². The van der Waals surface area contributed by atoms with E-state index in [9.17, 15) is 20.1 Å². The van der Waals surface area contributed by atoms with Crippen LogP contribution < -0.4 is 0 Å². The zero-order chi connectivity index (χ0) is 18.7. The van der Waals surface area contributed by atoms with Crippen LogP contribution in [0.15, 0.2) is 48.5 Å². The maximum Gasteiger partial charge on any atom is 0.259 e. The quantitative estimate of drug-likeness (QED) is 0.787. The normalized spacial score (nSPS) is 17.7. The predicted molar refractivity (Wildman–Crippen MR) is 99.0 cm³/mol. The van der Waals surface area contributed by atoms with Crippen molar-refractivity contribution < 1.29 is 20.1 Å². The highest BCUT2D eigenvalue weighted by Gasteiger charge is 2.40. The van der Waals surface area contributed by atoms with Crippen molar-refractivity contribution in [3.05, 3.63) is 59.7 Å². The number of likely N-dealkylation sites (tertiary alicyclic amines) is 1. The molecule has 0 unspecified atom stereocenters. The average molecular weight is 355 g/mol. The summed E-state index contributed by atoms with van der Waals surface area (Å²) >= 11 is 0. The van der Waals surface area contributed by atoms with Gasteiger partial charge in [0.25, 0.3) is 5.91 Å². The Morgan fingerprint density at radius 2 is 1.77 bits per heavy atom. The van der Waals surface area contributed by atoms with Crippen LogP contribution in [0.5, 0.6) is 11.5 Å². The van der Waals surface area contributed by atoms with Gasteiger partial charge in [0.1, 0.15) is 11.5 Å². The minimum atomic E-state index is -1.51. The number of nitrogens with zero attached hydrogens (tertiary/aromatic N) is 1. The molecule has 0 bridgehead atoms. The van der Waals surface area contributed by atoms with Gasteiger partial charge < -0.3 is 20.2 Å². The van der Waals surface area contributed by atoms with E-state index < -0.39 is 5.60 Å². The summed E-state index contributed by atoms with van der Waals surface area (Å²) in [6, 6.07) is 13.7. The summed E-state index contributed by atoms with van der Waals surface area (Å²) in [6.07, 6.45) is 1.73. The third-order valence-corrected chi connectivity index (χ3v) is 5.35. The molecule has 138 valence electrons. The first kappa shape index (κ1) is 18.3. The number of phenolic OH excluding ortho intramolecular Hbond substituents is 2. The van der Waals surface area contributed by atoms with Crippen molar-refractivity contribution in [2.75, 3.05) is 13.1 Å². The summed E-state index contributed by atoms with van der Waals surface area (Å²) in [5.41, 5.74) is -0.0936. The van der Waals surface area contributed by atoms with E-state index in [-0.39, 0.29) is 23.3 Å². The number of aromatic hydroxyl groups is 2. The number of hydrogen-bond donors (Lipinski definition) is 3. The lowest BCUT2D eigenvalue weighted by Crippen LogP contribution is -2.49. The number of aliphatic hydroxyl groups is 1. The molecule has 1 amide bonds. The van der Waals surface area contributed by atoms with Gasteiger partial charge in [-0.05, 0) is 42.4 Å². The van der Waals surface area contributed by atoms with Crippen molar-refractivity contribution in [1.29, 1.82) is 0 Å². The maximum absolute atomic E-state index is 13.0. The van der Waals surface area contributed by atoms with Crippen molar-refractivity contribution in [2.24, 2.45) is 0 Å². The Balaban J connectivity index is 1.72. The summed E-state index contributed by atoms with van der Waals surface area (Å²) in [4.78, 5) is 14.7. The molecule has 2 aromatic rings. The molecule has 0 radical (unpaired) electrons. The number of carbonyl (C=O) groups is 1. The molecular weight excluding hydrogens is 330 g/mol. The van der Waals surface area contributed by atoms with Gasteiger partial charge in [-0.3, -0.25) is 4.79 Å². The van der Waals surface area contributed by atoms with E-state index in [1.807, 2.05) is 25.1 Å². The fourth-order valence-corrected chi connectivity index (χ4v) is 3.73. The summed E-state index contributed by atoms with van der Waals surface area (Å²) in [5.74, 6) is -0.00969. The molecular formula is C21H25NO4. The van der Waals surface area contributed by atoms with Gasteiger partial charge in [-0.25, -0.2) is 0 Å². The smallest absolute Gasteiger partial charge is 0.259 e. The zero-order valence-corrected chi connectivity index (χ0v) is 14.9. The molecule has 0 aromatic heterocycles. The summed E-state index contributed by atoms with van der Waals surface area (Å²) < 4.78 is 0. The van der Waals surface area contributed by atoms with Crippen LogP contribution in [0.1, 0.15) is 43.2 Å². The van der Waals surface area contributed by atoms with Gasteiger partial charge in [0, 0.05) is 19.2 Å². The van der Waals surface area contributed by atoms with E-state index in [0.717, 1.165) is 5.56 Å². The standard InChI is InChI=1S/C21H25NO4/c1-2-21(26,16-6-4-3-5-7-16)20(25)22-12-10-15(11-13-22)18-9-8-17(23)14-19(18)24/h3-9,14-15,23-24,26H,2,10-13H2,1H3/t21-/m1/s1. The number of benzene rings is 2. The molecule has 3 N–H and O–H groups in total. The van der Waals surface area contributed by atoms with E-state index in [0.29, 0.717) is 37.9 Å². The summed E-state index contributed by atoms with van der Waals surface area (Å²) in [6.45, 7) is 2.87. The Morgan fingerprint density at radius 1 is 1.12 bits per heavy atom. The topological polar surface area (TPSA) is 81.0 Å². The first-order valence-corrected chi connectivity index (χ1v) is 9.05. The molecule has 0 saturated carbocycles. The van der Waals surface area contributed by atoms with Gasteiger partial charge in [0.15, 0.2) is 5.60 Å². The molecule has 1 aliphatic heterocycles. The van der Waals surface area contributed by atoms with Crippen LogP contribution in [-0.2, 0) is 10.4 Å². The fourth-order valence-electron chi connectivity index (χ4n) is 3.73. The minimum Gasteiger partial charge on any atom is -0.508 e. The van der Waals surface area contributed by atoms with Crippen LogP contribution in [0.25, 0.3) is 0 Å². The first-order valence-electron chi connectivity index (χ1n) is 9.05. The number of piperidine rings is 1. The molecule has 0 aliphatic carbocycles. The maximum atomic E-state index is 13.0. The second-order valence-electron chi connectivity index (χ2n) is 6.89. The molecule has 26 heavy (non-hydrogen) atoms. The van der Waals surface area contributed by atoms with E-state index in [1.165, 1.54) is 6.07 Å². The van der Waals surface area contributed by atoms with E-state index in [2.05, 4.69) is 0 Å². The number of amides is 1. The van der Waals surface area contributed by atoms with Crippen LogP contribution in [0, 0.1) is 0 Å². The van der Waals surface area contributed by atoms with E-state index in [1.54, 1.807) is 29.2 Å². The van der Waals surface area contributed by atoms with Crippen molar-refractivity contribution >= 4 is 5.91 Å². The molecule has 1 fully saturated rings. The molecule has 5 heteroatoms. The Morgan fingerprint density at radius 3 is 2.35 bits per heavy atom. The van der Waals surface area contributed by atoms with Crippen molar-refractivity contribution in [1.82, 2.24) is 4.90 Å². The Bertz CT molecular complexity index is 769. The fraction of sp³-hybridized carbons (Fsp3) is 0.381. The molecule has 3 rings (SSSR count). The molecule has 1 saturated heterocycles. The number of hydrogen-bond acceptors (Lipinski definition) is 4. The van der Waals surface area contributed by atoms with Crippen LogP contribution in [0.3, 0.4) is 0 Å². The Kier molecular flexibility index (Phi) is 5.18. The molecule has 2 aromatic carbocycles. The molecule has 5 nitrogen and oxygen atoms in total. The Labute approximate surface area is 153 Å². The van der Waals surface area contributed by atoms with Gasteiger partial charge in [-0.2, -0.15) is 0 Å². The first-order chi connectivity index (χ1) is 12.5. The van der Waals surface area contributed by atoms with Gasteiger partial charge >= 0.3 is 0 Å². The van der Waals surface area contributed by atoms with Gasteiger partial charge in [-0.1, -0.05) is 43.3 Å². The lowest BCUT2D eigenvalue weighted by Gasteiger charge is -2.37. The van der Waals surface area contributed by atoms with Crippen molar-refractivity contribution in [2.45, 2.75) is 37.7 Å². The van der Waals surface area contributed by atoms with Gasteiger partial charge in [0.2, 0.25) is 0 Å². The summed E-state index contributed by atoms with van der Waals surface area (Å²) in [7, 11) is 0. The molecule has 1 heterocycles. The number of phenols is 2. The monoisotopic (exact) mass is 355 g/mol. The number of carbonyl (C=O) groups excluding carboxylic acids is 1. The van der Waals surface area contributed by atoms with Crippen LogP contribution in [0.2, 0.25) is 0 Å².